The van der Waals surface area contributed by atoms with Crippen molar-refractivity contribution in [3.63, 3.8) is 0 Å². The summed E-state index contributed by atoms with van der Waals surface area (Å²) in [5.74, 6) is 5.69. The molecule has 0 spiro atoms. The monoisotopic (exact) mass is 267 g/mol. The van der Waals surface area contributed by atoms with E-state index in [1.165, 1.54) is 6.26 Å². The molecule has 1 fully saturated rings. The zero-order valence-electron chi connectivity index (χ0n) is 11.2. The van der Waals surface area contributed by atoms with E-state index in [1.807, 2.05) is 13.1 Å². The molecule has 1 amide bonds. The second-order valence-corrected chi connectivity index (χ2v) is 5.00. The lowest BCUT2D eigenvalue weighted by molar-refractivity contribution is 0.0549. The van der Waals surface area contributed by atoms with Crippen molar-refractivity contribution in [2.45, 2.75) is 19.4 Å². The van der Waals surface area contributed by atoms with Gasteiger partial charge in [0.05, 0.1) is 6.26 Å². The van der Waals surface area contributed by atoms with Gasteiger partial charge in [0.25, 0.3) is 0 Å². The van der Waals surface area contributed by atoms with E-state index in [-0.39, 0.29) is 5.91 Å². The summed E-state index contributed by atoms with van der Waals surface area (Å²) in [7, 11) is 2.05. The maximum atomic E-state index is 11.5. The Labute approximate surface area is 112 Å². The Kier molecular flexibility index (Phi) is 4.95. The first kappa shape index (κ1) is 14.0. The van der Waals surface area contributed by atoms with Crippen LogP contribution in [0.5, 0.6) is 0 Å². The number of ether oxygens (including phenoxy) is 1. The molecule has 2 rings (SSSR count). The molecule has 0 bridgehead atoms. The fourth-order valence-electron chi connectivity index (χ4n) is 2.45. The quantitative estimate of drug-likeness (QED) is 0.467. The molecule has 0 aliphatic carbocycles. The molecule has 3 N–H and O–H groups in total. The van der Waals surface area contributed by atoms with Crippen LogP contribution in [0.2, 0.25) is 0 Å². The maximum Gasteiger partial charge on any atom is 0.301 e. The number of nitrogen functional groups attached to an aromatic ring is 1. The van der Waals surface area contributed by atoms with Crippen LogP contribution in [0.3, 0.4) is 0 Å². The maximum absolute atomic E-state index is 11.5. The van der Waals surface area contributed by atoms with Crippen LogP contribution in [0, 0.1) is 5.92 Å². The Balaban J connectivity index is 1.89. The van der Waals surface area contributed by atoms with Crippen molar-refractivity contribution in [1.82, 2.24) is 10.3 Å². The predicted molar refractivity (Wildman–Crippen MR) is 70.2 cm³/mol. The van der Waals surface area contributed by atoms with Gasteiger partial charge in [0.1, 0.15) is 0 Å². The molecule has 1 aliphatic rings. The number of carbonyl (C=O) groups is 1. The summed E-state index contributed by atoms with van der Waals surface area (Å²) in [5, 5.41) is 0. The molecule has 1 aromatic heterocycles. The minimum absolute atomic E-state index is 0.293. The van der Waals surface area contributed by atoms with Crippen LogP contribution < -0.4 is 11.3 Å². The van der Waals surface area contributed by atoms with Gasteiger partial charge in [-0.2, -0.15) is 0 Å². The molecule has 1 aromatic rings. The number of furan rings is 1. The van der Waals surface area contributed by atoms with Crippen LogP contribution in [-0.2, 0) is 11.3 Å². The molecular formula is C13H21N3O3. The Bertz CT molecular complexity index is 413. The standard InChI is InChI=1S/C13H21N3O3/c1-16(8-10-2-5-18-6-3-10)9-11-4-7-19-12(11)13(17)15-14/h4,7,10H,2-3,5-6,8-9,14H2,1H3,(H,15,17). The van der Waals surface area contributed by atoms with Gasteiger partial charge in [0, 0.05) is 31.9 Å². The molecule has 0 aromatic carbocycles. The highest BCUT2D eigenvalue weighted by Gasteiger charge is 2.19. The molecule has 0 atom stereocenters. The Morgan fingerprint density at radius 2 is 2.26 bits per heavy atom. The SMILES string of the molecule is CN(Cc1ccoc1C(=O)NN)CC1CCOCC1. The van der Waals surface area contributed by atoms with Gasteiger partial charge in [0.2, 0.25) is 0 Å². The lowest BCUT2D eigenvalue weighted by atomic mass is 10.00. The Hall–Kier alpha value is -1.37. The van der Waals surface area contributed by atoms with Gasteiger partial charge in [-0.1, -0.05) is 0 Å². The van der Waals surface area contributed by atoms with E-state index in [0.29, 0.717) is 18.2 Å². The van der Waals surface area contributed by atoms with E-state index in [0.717, 1.165) is 38.2 Å². The number of hydrogen-bond acceptors (Lipinski definition) is 5. The highest BCUT2D eigenvalue weighted by Crippen LogP contribution is 2.18. The largest absolute Gasteiger partial charge is 0.459 e. The van der Waals surface area contributed by atoms with Gasteiger partial charge < -0.3 is 14.1 Å². The highest BCUT2D eigenvalue weighted by molar-refractivity contribution is 5.92. The molecule has 2 heterocycles. The van der Waals surface area contributed by atoms with Crippen LogP contribution in [0.1, 0.15) is 29.0 Å². The van der Waals surface area contributed by atoms with Crippen LogP contribution in [-0.4, -0.2) is 37.6 Å². The fourth-order valence-corrected chi connectivity index (χ4v) is 2.45. The summed E-state index contributed by atoms with van der Waals surface area (Å²) in [6, 6.07) is 1.81. The second kappa shape index (κ2) is 6.70. The normalized spacial score (nSPS) is 16.8. The summed E-state index contributed by atoms with van der Waals surface area (Å²) in [6.45, 7) is 3.38. The molecule has 0 unspecified atom stereocenters. The Morgan fingerprint density at radius 1 is 1.53 bits per heavy atom. The number of nitrogens with one attached hydrogen (secondary N) is 1. The van der Waals surface area contributed by atoms with Crippen LogP contribution >= 0.6 is 0 Å². The van der Waals surface area contributed by atoms with Gasteiger partial charge in [-0.3, -0.25) is 10.2 Å². The number of nitrogens with zero attached hydrogens (tertiary/aromatic N) is 1. The van der Waals surface area contributed by atoms with E-state index in [1.54, 1.807) is 0 Å². The van der Waals surface area contributed by atoms with Crippen molar-refractivity contribution >= 4 is 5.91 Å². The van der Waals surface area contributed by atoms with Crippen LogP contribution in [0.15, 0.2) is 16.7 Å². The summed E-state index contributed by atoms with van der Waals surface area (Å²) in [5.41, 5.74) is 2.95. The predicted octanol–water partition coefficient (Wildman–Crippen LogP) is 0.741. The minimum atomic E-state index is -0.389. The number of amides is 1. The van der Waals surface area contributed by atoms with E-state index in [2.05, 4.69) is 10.3 Å². The third-order valence-corrected chi connectivity index (χ3v) is 3.44. The van der Waals surface area contributed by atoms with Gasteiger partial charge in [0.15, 0.2) is 5.76 Å². The molecule has 1 saturated heterocycles. The van der Waals surface area contributed by atoms with E-state index in [9.17, 15) is 4.79 Å². The fraction of sp³-hybridized carbons (Fsp3) is 0.615. The molecule has 106 valence electrons. The lowest BCUT2D eigenvalue weighted by Crippen LogP contribution is -2.32. The molecular weight excluding hydrogens is 246 g/mol. The highest BCUT2D eigenvalue weighted by atomic mass is 16.5. The van der Waals surface area contributed by atoms with Crippen molar-refractivity contribution in [1.29, 1.82) is 0 Å². The van der Waals surface area contributed by atoms with Gasteiger partial charge in [-0.05, 0) is 31.9 Å². The number of carbonyl (C=O) groups excluding carboxylic acids is 1. The zero-order valence-corrected chi connectivity index (χ0v) is 11.2. The van der Waals surface area contributed by atoms with Crippen molar-refractivity contribution in [3.8, 4) is 0 Å². The minimum Gasteiger partial charge on any atom is -0.459 e. The zero-order chi connectivity index (χ0) is 13.7. The first-order valence-electron chi connectivity index (χ1n) is 6.54. The topological polar surface area (TPSA) is 80.7 Å². The van der Waals surface area contributed by atoms with E-state index in [4.69, 9.17) is 15.0 Å². The number of hydrogen-bond donors (Lipinski definition) is 2. The van der Waals surface area contributed by atoms with Crippen molar-refractivity contribution in [2.75, 3.05) is 26.8 Å². The van der Waals surface area contributed by atoms with Crippen molar-refractivity contribution < 1.29 is 13.9 Å². The molecule has 6 nitrogen and oxygen atoms in total. The average Bonchev–Trinajstić information content (AvgIpc) is 2.87. The van der Waals surface area contributed by atoms with Gasteiger partial charge >= 0.3 is 5.91 Å². The molecule has 6 heteroatoms. The van der Waals surface area contributed by atoms with E-state index < -0.39 is 0 Å². The average molecular weight is 267 g/mol. The summed E-state index contributed by atoms with van der Waals surface area (Å²) < 4.78 is 10.5. The first-order valence-corrected chi connectivity index (χ1v) is 6.54. The first-order chi connectivity index (χ1) is 9.20. The smallest absolute Gasteiger partial charge is 0.301 e. The van der Waals surface area contributed by atoms with E-state index >= 15 is 0 Å². The third-order valence-electron chi connectivity index (χ3n) is 3.44. The van der Waals surface area contributed by atoms with Crippen molar-refractivity contribution in [3.05, 3.63) is 23.7 Å². The number of rotatable bonds is 5. The molecule has 19 heavy (non-hydrogen) atoms. The summed E-state index contributed by atoms with van der Waals surface area (Å²) >= 11 is 0. The van der Waals surface area contributed by atoms with Crippen LogP contribution in [0.25, 0.3) is 0 Å². The summed E-state index contributed by atoms with van der Waals surface area (Å²) in [4.78, 5) is 13.7. The molecule has 0 saturated carbocycles. The molecule has 0 radical (unpaired) electrons. The van der Waals surface area contributed by atoms with Gasteiger partial charge in [-0.15, -0.1) is 0 Å². The number of hydrazine groups is 1. The third kappa shape index (κ3) is 3.79. The lowest BCUT2D eigenvalue weighted by Gasteiger charge is -2.26. The Morgan fingerprint density at radius 3 is 2.95 bits per heavy atom. The second-order valence-electron chi connectivity index (χ2n) is 5.00. The number of nitrogens with two attached hydrogens (primary N) is 1. The van der Waals surface area contributed by atoms with Crippen molar-refractivity contribution in [2.24, 2.45) is 11.8 Å². The molecule has 1 aliphatic heterocycles. The summed E-state index contributed by atoms with van der Waals surface area (Å²) in [6.07, 6.45) is 3.72. The van der Waals surface area contributed by atoms with Crippen LogP contribution in [0.4, 0.5) is 0 Å². The van der Waals surface area contributed by atoms with Gasteiger partial charge in [-0.25, -0.2) is 5.84 Å².